The van der Waals surface area contributed by atoms with Crippen LogP contribution < -0.4 is 5.32 Å². The number of fused-ring (bicyclic) bond motifs is 1. The first-order valence-corrected chi connectivity index (χ1v) is 9.38. The Bertz CT molecular complexity index is 1090. The molecule has 1 N–H and O–H groups in total. The molecular formula is C21H18N4OS. The Balaban J connectivity index is 1.39. The Labute approximate surface area is 161 Å². The standard InChI is InChI=1S/C21H18N4OS/c1-25-14-22-24-21(25)27-19-10-8-18(9-11-19)23-20(26)13-15-6-7-16-4-2-3-5-17(16)12-15/h2-12,14H,13H2,1H3,(H,23,26). The molecule has 27 heavy (non-hydrogen) atoms. The Morgan fingerprint density at radius 2 is 1.81 bits per heavy atom. The number of hydrogen-bond acceptors (Lipinski definition) is 4. The minimum atomic E-state index is -0.0287. The van der Waals surface area contributed by atoms with E-state index in [1.54, 1.807) is 6.33 Å². The number of rotatable bonds is 5. The van der Waals surface area contributed by atoms with Gasteiger partial charge < -0.3 is 9.88 Å². The van der Waals surface area contributed by atoms with Crippen molar-refractivity contribution in [1.29, 1.82) is 0 Å². The van der Waals surface area contributed by atoms with Crippen molar-refractivity contribution in [3.05, 3.63) is 78.6 Å². The van der Waals surface area contributed by atoms with E-state index in [9.17, 15) is 4.79 Å². The van der Waals surface area contributed by atoms with Crippen molar-refractivity contribution in [2.45, 2.75) is 16.5 Å². The molecule has 0 saturated heterocycles. The van der Waals surface area contributed by atoms with Crippen molar-refractivity contribution in [3.63, 3.8) is 0 Å². The molecule has 0 atom stereocenters. The van der Waals surface area contributed by atoms with Gasteiger partial charge in [-0.2, -0.15) is 0 Å². The zero-order valence-corrected chi connectivity index (χ0v) is 15.6. The van der Waals surface area contributed by atoms with Gasteiger partial charge >= 0.3 is 0 Å². The third kappa shape index (κ3) is 4.17. The lowest BCUT2D eigenvalue weighted by Gasteiger charge is -2.07. The molecule has 0 aliphatic carbocycles. The summed E-state index contributed by atoms with van der Waals surface area (Å²) in [4.78, 5) is 13.4. The molecule has 1 amide bonds. The van der Waals surface area contributed by atoms with Gasteiger partial charge in [0.05, 0.1) is 6.42 Å². The van der Waals surface area contributed by atoms with Gasteiger partial charge in [-0.25, -0.2) is 0 Å². The van der Waals surface area contributed by atoms with Gasteiger partial charge in [-0.3, -0.25) is 4.79 Å². The first kappa shape index (κ1) is 17.3. The third-order valence-corrected chi connectivity index (χ3v) is 5.26. The normalized spacial score (nSPS) is 10.9. The van der Waals surface area contributed by atoms with Crippen molar-refractivity contribution in [2.75, 3.05) is 5.32 Å². The van der Waals surface area contributed by atoms with Crippen LogP contribution in [0, 0.1) is 0 Å². The van der Waals surface area contributed by atoms with E-state index in [4.69, 9.17) is 0 Å². The Hall–Kier alpha value is -3.12. The second kappa shape index (κ2) is 7.63. The number of amides is 1. The lowest BCUT2D eigenvalue weighted by atomic mass is 10.0. The van der Waals surface area contributed by atoms with Crippen molar-refractivity contribution in [1.82, 2.24) is 14.8 Å². The van der Waals surface area contributed by atoms with Crippen molar-refractivity contribution in [2.24, 2.45) is 7.05 Å². The molecule has 4 aromatic rings. The summed E-state index contributed by atoms with van der Waals surface area (Å²) < 4.78 is 1.86. The fourth-order valence-electron chi connectivity index (χ4n) is 2.82. The maximum Gasteiger partial charge on any atom is 0.228 e. The topological polar surface area (TPSA) is 59.8 Å². The van der Waals surface area contributed by atoms with Crippen LogP contribution in [-0.2, 0) is 18.3 Å². The second-order valence-electron chi connectivity index (χ2n) is 6.26. The highest BCUT2D eigenvalue weighted by atomic mass is 32.2. The molecule has 6 heteroatoms. The Kier molecular flexibility index (Phi) is 4.89. The Morgan fingerprint density at radius 3 is 2.56 bits per heavy atom. The minimum absolute atomic E-state index is 0.0287. The third-order valence-electron chi connectivity index (χ3n) is 4.20. The number of aryl methyl sites for hydroxylation is 1. The average Bonchev–Trinajstić information content (AvgIpc) is 3.08. The predicted molar refractivity (Wildman–Crippen MR) is 108 cm³/mol. The fourth-order valence-corrected chi connectivity index (χ4v) is 3.58. The molecule has 1 aromatic heterocycles. The van der Waals surface area contributed by atoms with Crippen LogP contribution in [0.15, 0.2) is 83.1 Å². The molecule has 0 aliphatic heterocycles. The number of benzene rings is 3. The minimum Gasteiger partial charge on any atom is -0.326 e. The molecule has 134 valence electrons. The van der Waals surface area contributed by atoms with Crippen LogP contribution in [0.3, 0.4) is 0 Å². The summed E-state index contributed by atoms with van der Waals surface area (Å²) in [7, 11) is 1.91. The summed E-state index contributed by atoms with van der Waals surface area (Å²) in [6.45, 7) is 0. The zero-order valence-electron chi connectivity index (χ0n) is 14.8. The van der Waals surface area contributed by atoms with E-state index in [-0.39, 0.29) is 5.91 Å². The van der Waals surface area contributed by atoms with Crippen LogP contribution in [0.25, 0.3) is 10.8 Å². The average molecular weight is 374 g/mol. The summed E-state index contributed by atoms with van der Waals surface area (Å²) in [6, 6.07) is 22.0. The van der Waals surface area contributed by atoms with E-state index in [0.717, 1.165) is 26.7 Å². The van der Waals surface area contributed by atoms with Crippen LogP contribution in [0.5, 0.6) is 0 Å². The van der Waals surface area contributed by atoms with Gasteiger partial charge in [0, 0.05) is 17.6 Å². The van der Waals surface area contributed by atoms with E-state index in [1.165, 1.54) is 17.1 Å². The van der Waals surface area contributed by atoms with Crippen molar-refractivity contribution >= 4 is 34.1 Å². The SMILES string of the molecule is Cn1cnnc1Sc1ccc(NC(=O)Cc2ccc3ccccc3c2)cc1. The molecule has 5 nitrogen and oxygen atoms in total. The highest BCUT2D eigenvalue weighted by molar-refractivity contribution is 7.99. The van der Waals surface area contributed by atoms with Crippen molar-refractivity contribution in [3.8, 4) is 0 Å². The maximum absolute atomic E-state index is 12.4. The quantitative estimate of drug-likeness (QED) is 0.566. The second-order valence-corrected chi connectivity index (χ2v) is 7.30. The van der Waals surface area contributed by atoms with E-state index < -0.39 is 0 Å². The van der Waals surface area contributed by atoms with Crippen molar-refractivity contribution < 1.29 is 4.79 Å². The van der Waals surface area contributed by atoms with Gasteiger partial charge in [0.25, 0.3) is 0 Å². The molecule has 0 unspecified atom stereocenters. The van der Waals surface area contributed by atoms with Gasteiger partial charge in [-0.15, -0.1) is 10.2 Å². The molecular weight excluding hydrogens is 356 g/mol. The van der Waals surface area contributed by atoms with Crippen LogP contribution in [0.2, 0.25) is 0 Å². The first-order chi connectivity index (χ1) is 13.2. The molecule has 0 spiro atoms. The number of anilines is 1. The monoisotopic (exact) mass is 374 g/mol. The molecule has 0 aliphatic rings. The summed E-state index contributed by atoms with van der Waals surface area (Å²) in [6.07, 6.45) is 2.02. The summed E-state index contributed by atoms with van der Waals surface area (Å²) in [5, 5.41) is 14.0. The number of nitrogens with zero attached hydrogens (tertiary/aromatic N) is 3. The number of hydrogen-bond donors (Lipinski definition) is 1. The summed E-state index contributed by atoms with van der Waals surface area (Å²) in [5.41, 5.74) is 1.78. The predicted octanol–water partition coefficient (Wildman–Crippen LogP) is 4.30. The van der Waals surface area contributed by atoms with Gasteiger partial charge in [-0.05, 0) is 52.4 Å². The van der Waals surface area contributed by atoms with Gasteiger partial charge in [0.2, 0.25) is 5.91 Å². The molecule has 0 saturated carbocycles. The lowest BCUT2D eigenvalue weighted by Crippen LogP contribution is -2.14. The number of carbonyl (C=O) groups excluding carboxylic acids is 1. The molecule has 4 rings (SSSR count). The summed E-state index contributed by atoms with van der Waals surface area (Å²) >= 11 is 1.53. The van der Waals surface area contributed by atoms with Gasteiger partial charge in [-0.1, -0.05) is 42.5 Å². The van der Waals surface area contributed by atoms with E-state index >= 15 is 0 Å². The molecule has 3 aromatic carbocycles. The van der Waals surface area contributed by atoms with Crippen LogP contribution in [0.1, 0.15) is 5.56 Å². The number of carbonyl (C=O) groups is 1. The summed E-state index contributed by atoms with van der Waals surface area (Å²) in [5.74, 6) is -0.0287. The van der Waals surface area contributed by atoms with Gasteiger partial charge in [0.15, 0.2) is 5.16 Å². The van der Waals surface area contributed by atoms with Gasteiger partial charge in [0.1, 0.15) is 6.33 Å². The molecule has 0 radical (unpaired) electrons. The fraction of sp³-hybridized carbons (Fsp3) is 0.0952. The molecule has 1 heterocycles. The number of aromatic nitrogens is 3. The largest absolute Gasteiger partial charge is 0.326 e. The first-order valence-electron chi connectivity index (χ1n) is 8.57. The Morgan fingerprint density at radius 1 is 1.04 bits per heavy atom. The van der Waals surface area contributed by atoms with E-state index in [1.807, 2.05) is 54.1 Å². The smallest absolute Gasteiger partial charge is 0.228 e. The van der Waals surface area contributed by atoms with Crippen LogP contribution in [0.4, 0.5) is 5.69 Å². The van der Waals surface area contributed by atoms with Crippen LogP contribution in [-0.4, -0.2) is 20.7 Å². The maximum atomic E-state index is 12.4. The van der Waals surface area contributed by atoms with E-state index in [2.05, 4.69) is 39.8 Å². The van der Waals surface area contributed by atoms with Crippen LogP contribution >= 0.6 is 11.8 Å². The highest BCUT2D eigenvalue weighted by Gasteiger charge is 2.07. The van der Waals surface area contributed by atoms with E-state index in [0.29, 0.717) is 6.42 Å². The lowest BCUT2D eigenvalue weighted by molar-refractivity contribution is -0.115. The zero-order chi connectivity index (χ0) is 18.6. The molecule has 0 bridgehead atoms. The highest BCUT2D eigenvalue weighted by Crippen LogP contribution is 2.26. The number of nitrogens with one attached hydrogen (secondary N) is 1. The molecule has 0 fully saturated rings.